The van der Waals surface area contributed by atoms with Crippen LogP contribution in [0.4, 0.5) is 0 Å². The zero-order chi connectivity index (χ0) is 17.0. The molecule has 1 unspecified atom stereocenters. The molecule has 0 aromatic rings. The van der Waals surface area contributed by atoms with Crippen LogP contribution in [0.5, 0.6) is 0 Å². The van der Waals surface area contributed by atoms with E-state index in [9.17, 15) is 0 Å². The molecule has 0 aromatic carbocycles. The van der Waals surface area contributed by atoms with Crippen molar-refractivity contribution in [2.24, 2.45) is 5.73 Å². The normalized spacial score (nSPS) is 12.7. The lowest BCUT2D eigenvalue weighted by Gasteiger charge is -2.07. The molecule has 0 amide bonds. The van der Waals surface area contributed by atoms with Crippen molar-refractivity contribution in [1.82, 2.24) is 5.32 Å². The zero-order valence-electron chi connectivity index (χ0n) is 16.1. The predicted molar refractivity (Wildman–Crippen MR) is 103 cm³/mol. The summed E-state index contributed by atoms with van der Waals surface area (Å²) >= 11 is 0. The summed E-state index contributed by atoms with van der Waals surface area (Å²) in [6.07, 6.45) is 17.3. The zero-order valence-corrected chi connectivity index (χ0v) is 16.1. The summed E-state index contributed by atoms with van der Waals surface area (Å²) in [5.74, 6) is 0. The van der Waals surface area contributed by atoms with Gasteiger partial charge in [0.15, 0.2) is 0 Å². The Labute approximate surface area is 146 Å². The van der Waals surface area contributed by atoms with E-state index in [0.29, 0.717) is 6.04 Å². The first-order valence-electron chi connectivity index (χ1n) is 10.3. The molecule has 0 saturated carbocycles. The van der Waals surface area contributed by atoms with Gasteiger partial charge in [0.2, 0.25) is 0 Å². The lowest BCUT2D eigenvalue weighted by molar-refractivity contribution is 0.126. The summed E-state index contributed by atoms with van der Waals surface area (Å²) in [6.45, 7) is 8.35. The van der Waals surface area contributed by atoms with Gasteiger partial charge in [-0.2, -0.15) is 0 Å². The number of nitrogens with two attached hydrogens (primary N) is 1. The van der Waals surface area contributed by atoms with Crippen molar-refractivity contribution in [3.63, 3.8) is 0 Å². The Balaban J connectivity index is 2.95. The quantitative estimate of drug-likeness (QED) is 0.327. The van der Waals surface area contributed by atoms with Gasteiger partial charge in [-0.05, 0) is 45.7 Å². The third-order valence-corrected chi connectivity index (χ3v) is 4.31. The van der Waals surface area contributed by atoms with Crippen LogP contribution < -0.4 is 11.1 Å². The lowest BCUT2D eigenvalue weighted by atomic mass is 10.1. The second-order valence-electron chi connectivity index (χ2n) is 7.02. The molecule has 0 aliphatic rings. The van der Waals surface area contributed by atoms with Crippen LogP contribution in [-0.2, 0) is 4.74 Å². The SMILES string of the molecule is CCCCCCCCCCCCOCCCCNCCC(C)N. The van der Waals surface area contributed by atoms with E-state index < -0.39 is 0 Å². The van der Waals surface area contributed by atoms with Crippen LogP contribution in [0.3, 0.4) is 0 Å². The van der Waals surface area contributed by atoms with E-state index >= 15 is 0 Å². The van der Waals surface area contributed by atoms with Crippen molar-refractivity contribution < 1.29 is 4.74 Å². The fourth-order valence-electron chi connectivity index (χ4n) is 2.70. The van der Waals surface area contributed by atoms with Crippen LogP contribution in [-0.4, -0.2) is 32.3 Å². The summed E-state index contributed by atoms with van der Waals surface area (Å²) in [5.41, 5.74) is 5.70. The number of ether oxygens (including phenoxy) is 1. The summed E-state index contributed by atoms with van der Waals surface area (Å²) in [5, 5.41) is 3.43. The van der Waals surface area contributed by atoms with Gasteiger partial charge in [-0.15, -0.1) is 0 Å². The highest BCUT2D eigenvalue weighted by Gasteiger charge is 1.95. The minimum Gasteiger partial charge on any atom is -0.381 e. The van der Waals surface area contributed by atoms with Crippen molar-refractivity contribution in [2.45, 2.75) is 103 Å². The molecule has 0 saturated heterocycles. The van der Waals surface area contributed by atoms with Gasteiger partial charge in [0.25, 0.3) is 0 Å². The van der Waals surface area contributed by atoms with Crippen molar-refractivity contribution in [3.05, 3.63) is 0 Å². The Morgan fingerprint density at radius 2 is 1.26 bits per heavy atom. The molecule has 140 valence electrons. The maximum atomic E-state index is 5.70. The third-order valence-electron chi connectivity index (χ3n) is 4.31. The second kappa shape index (κ2) is 19.9. The van der Waals surface area contributed by atoms with Gasteiger partial charge in [0.05, 0.1) is 0 Å². The Hall–Kier alpha value is -0.120. The number of nitrogens with one attached hydrogen (secondary N) is 1. The molecule has 3 nitrogen and oxygen atoms in total. The Bertz CT molecular complexity index is 210. The Morgan fingerprint density at radius 3 is 1.83 bits per heavy atom. The van der Waals surface area contributed by atoms with Crippen LogP contribution in [0.1, 0.15) is 97.3 Å². The molecule has 0 rings (SSSR count). The first-order chi connectivity index (χ1) is 11.3. The number of hydrogen-bond acceptors (Lipinski definition) is 3. The maximum absolute atomic E-state index is 5.70. The van der Waals surface area contributed by atoms with Gasteiger partial charge in [-0.25, -0.2) is 0 Å². The molecule has 0 heterocycles. The smallest absolute Gasteiger partial charge is 0.0466 e. The van der Waals surface area contributed by atoms with E-state index in [-0.39, 0.29) is 0 Å². The van der Waals surface area contributed by atoms with Gasteiger partial charge in [-0.1, -0.05) is 64.7 Å². The fourth-order valence-corrected chi connectivity index (χ4v) is 2.70. The largest absolute Gasteiger partial charge is 0.381 e. The number of unbranched alkanes of at least 4 members (excludes halogenated alkanes) is 10. The minimum atomic E-state index is 0.312. The van der Waals surface area contributed by atoms with Crippen LogP contribution in [0.15, 0.2) is 0 Å². The van der Waals surface area contributed by atoms with Crippen LogP contribution in [0.2, 0.25) is 0 Å². The molecule has 23 heavy (non-hydrogen) atoms. The van der Waals surface area contributed by atoms with E-state index in [1.54, 1.807) is 0 Å². The summed E-state index contributed by atoms with van der Waals surface area (Å²) < 4.78 is 5.70. The second-order valence-corrected chi connectivity index (χ2v) is 7.02. The monoisotopic (exact) mass is 328 g/mol. The molecular formula is C20H44N2O. The van der Waals surface area contributed by atoms with Gasteiger partial charge in [0, 0.05) is 19.3 Å². The van der Waals surface area contributed by atoms with Gasteiger partial charge < -0.3 is 15.8 Å². The molecule has 0 aliphatic heterocycles. The van der Waals surface area contributed by atoms with Gasteiger partial charge in [-0.3, -0.25) is 0 Å². The standard InChI is InChI=1S/C20H44N2O/c1-3-4-5-6-7-8-9-10-11-13-18-23-19-14-12-16-22-17-15-20(2)21/h20,22H,3-19,21H2,1-2H3. The van der Waals surface area contributed by atoms with E-state index in [1.165, 1.54) is 77.0 Å². The van der Waals surface area contributed by atoms with E-state index in [1.807, 2.05) is 0 Å². The van der Waals surface area contributed by atoms with Crippen molar-refractivity contribution in [3.8, 4) is 0 Å². The summed E-state index contributed by atoms with van der Waals surface area (Å²) in [4.78, 5) is 0. The van der Waals surface area contributed by atoms with E-state index in [4.69, 9.17) is 10.5 Å². The van der Waals surface area contributed by atoms with Gasteiger partial charge >= 0.3 is 0 Å². The van der Waals surface area contributed by atoms with Crippen LogP contribution in [0, 0.1) is 0 Å². The van der Waals surface area contributed by atoms with Crippen molar-refractivity contribution in [1.29, 1.82) is 0 Å². The Kier molecular flexibility index (Phi) is 19.8. The number of hydrogen-bond donors (Lipinski definition) is 2. The lowest BCUT2D eigenvalue weighted by Crippen LogP contribution is -2.24. The highest BCUT2D eigenvalue weighted by molar-refractivity contribution is 4.56. The van der Waals surface area contributed by atoms with Crippen molar-refractivity contribution in [2.75, 3.05) is 26.3 Å². The number of rotatable bonds is 19. The first kappa shape index (κ1) is 22.9. The molecule has 3 heteroatoms. The minimum absolute atomic E-state index is 0.312. The summed E-state index contributed by atoms with van der Waals surface area (Å²) in [7, 11) is 0. The third kappa shape index (κ3) is 21.9. The molecule has 0 bridgehead atoms. The molecule has 3 N–H and O–H groups in total. The highest BCUT2D eigenvalue weighted by Crippen LogP contribution is 2.10. The molecule has 0 fully saturated rings. The molecule has 0 radical (unpaired) electrons. The van der Waals surface area contributed by atoms with Gasteiger partial charge in [0.1, 0.15) is 0 Å². The summed E-state index contributed by atoms with van der Waals surface area (Å²) in [6, 6.07) is 0.312. The average molecular weight is 329 g/mol. The van der Waals surface area contributed by atoms with Crippen LogP contribution >= 0.6 is 0 Å². The maximum Gasteiger partial charge on any atom is 0.0466 e. The highest BCUT2D eigenvalue weighted by atomic mass is 16.5. The molecule has 0 aromatic heterocycles. The molecule has 0 spiro atoms. The van der Waals surface area contributed by atoms with E-state index in [0.717, 1.165) is 32.7 Å². The molecular weight excluding hydrogens is 284 g/mol. The molecule has 0 aliphatic carbocycles. The topological polar surface area (TPSA) is 47.3 Å². The first-order valence-corrected chi connectivity index (χ1v) is 10.3. The van der Waals surface area contributed by atoms with E-state index in [2.05, 4.69) is 19.2 Å². The molecule has 1 atom stereocenters. The average Bonchev–Trinajstić information content (AvgIpc) is 2.53. The fraction of sp³-hybridized carbons (Fsp3) is 1.00. The Morgan fingerprint density at radius 1 is 0.739 bits per heavy atom. The van der Waals surface area contributed by atoms with Crippen molar-refractivity contribution >= 4 is 0 Å². The van der Waals surface area contributed by atoms with Crippen LogP contribution in [0.25, 0.3) is 0 Å². The predicted octanol–water partition coefficient (Wildman–Crippen LogP) is 5.03.